The van der Waals surface area contributed by atoms with Crippen molar-refractivity contribution >= 4 is 28.4 Å². The van der Waals surface area contributed by atoms with Gasteiger partial charge in [0.15, 0.2) is 10.9 Å². The van der Waals surface area contributed by atoms with Crippen molar-refractivity contribution < 1.29 is 23.0 Å². The zero-order valence-corrected chi connectivity index (χ0v) is 18.5. The highest BCUT2D eigenvalue weighted by molar-refractivity contribution is 7.99. The number of methoxy groups -OCH3 is 2. The third-order valence-corrected chi connectivity index (χ3v) is 5.88. The maximum atomic E-state index is 14.6. The predicted octanol–water partition coefficient (Wildman–Crippen LogP) is 4.66. The Morgan fingerprint density at radius 3 is 2.55 bits per heavy atom. The van der Waals surface area contributed by atoms with Crippen molar-refractivity contribution in [3.05, 3.63) is 88.2 Å². The Bertz CT molecular complexity index is 1420. The fourth-order valence-corrected chi connectivity index (χ4v) is 4.21. The van der Waals surface area contributed by atoms with Crippen molar-refractivity contribution in [2.45, 2.75) is 5.16 Å². The molecule has 0 radical (unpaired) electrons. The van der Waals surface area contributed by atoms with Crippen LogP contribution in [0.15, 0.2) is 70.6 Å². The summed E-state index contributed by atoms with van der Waals surface area (Å²) in [6.45, 7) is 0. The summed E-state index contributed by atoms with van der Waals surface area (Å²) in [7, 11) is 2.95. The molecule has 0 amide bonds. The third-order valence-electron chi connectivity index (χ3n) is 4.94. The van der Waals surface area contributed by atoms with Crippen molar-refractivity contribution in [3.8, 4) is 17.2 Å². The minimum Gasteiger partial charge on any atom is -0.497 e. The number of hydrogen-bond acceptors (Lipinski definition) is 6. The van der Waals surface area contributed by atoms with E-state index in [1.165, 1.54) is 20.3 Å². The van der Waals surface area contributed by atoms with Gasteiger partial charge in [-0.1, -0.05) is 23.9 Å². The number of thioether (sulfide) groups is 1. The van der Waals surface area contributed by atoms with Crippen LogP contribution in [-0.4, -0.2) is 35.3 Å². The molecule has 3 aromatic carbocycles. The van der Waals surface area contributed by atoms with Gasteiger partial charge in [-0.05, 0) is 36.4 Å². The second kappa shape index (κ2) is 9.41. The van der Waals surface area contributed by atoms with Crippen LogP contribution < -0.4 is 15.0 Å². The Morgan fingerprint density at radius 2 is 1.82 bits per heavy atom. The van der Waals surface area contributed by atoms with Gasteiger partial charge in [0.1, 0.15) is 23.1 Å². The number of ether oxygens (including phenoxy) is 2. The first-order valence-corrected chi connectivity index (χ1v) is 10.8. The Hall–Kier alpha value is -3.72. The predicted molar refractivity (Wildman–Crippen MR) is 122 cm³/mol. The van der Waals surface area contributed by atoms with E-state index in [0.717, 1.165) is 22.4 Å². The highest BCUT2D eigenvalue weighted by Crippen LogP contribution is 2.28. The minimum atomic E-state index is -0.917. The molecule has 9 heteroatoms. The number of nitrogens with zero attached hydrogens (tertiary/aromatic N) is 2. The molecule has 0 saturated carbocycles. The third kappa shape index (κ3) is 4.45. The second-order valence-corrected chi connectivity index (χ2v) is 7.87. The van der Waals surface area contributed by atoms with Crippen LogP contribution >= 0.6 is 11.8 Å². The van der Waals surface area contributed by atoms with Gasteiger partial charge in [0.2, 0.25) is 0 Å². The normalized spacial score (nSPS) is 10.9. The minimum absolute atomic E-state index is 0.101. The van der Waals surface area contributed by atoms with Gasteiger partial charge >= 0.3 is 0 Å². The molecule has 1 aromatic heterocycles. The van der Waals surface area contributed by atoms with Crippen LogP contribution in [-0.2, 0) is 0 Å². The molecule has 6 nitrogen and oxygen atoms in total. The number of Topliss-reactive ketones (excluding diaryl/α,β-unsaturated/α-hetero) is 1. The first-order valence-electron chi connectivity index (χ1n) is 9.78. The number of benzene rings is 3. The zero-order chi connectivity index (χ0) is 23.5. The Kier molecular flexibility index (Phi) is 6.41. The van der Waals surface area contributed by atoms with E-state index >= 15 is 0 Å². The van der Waals surface area contributed by atoms with Crippen LogP contribution in [0.2, 0.25) is 0 Å². The van der Waals surface area contributed by atoms with Gasteiger partial charge in [-0.2, -0.15) is 0 Å². The standard InChI is InChI=1S/C24H18F2N2O4S/c1-31-15-8-9-17(22(12-15)32-2)21(29)13-33-24-27-19-6-4-3-5-16(19)23(30)28(24)20-10-7-14(25)11-18(20)26/h3-12H,13H2,1-2H3. The lowest BCUT2D eigenvalue weighted by molar-refractivity contribution is 0.101. The van der Waals surface area contributed by atoms with Crippen LogP contribution in [0, 0.1) is 11.6 Å². The van der Waals surface area contributed by atoms with Crippen molar-refractivity contribution in [1.29, 1.82) is 0 Å². The monoisotopic (exact) mass is 468 g/mol. The molecule has 0 aliphatic rings. The number of rotatable bonds is 7. The summed E-state index contributed by atoms with van der Waals surface area (Å²) in [5.41, 5.74) is 0.0476. The molecule has 0 aliphatic heterocycles. The van der Waals surface area contributed by atoms with Gasteiger partial charge in [-0.3, -0.25) is 14.2 Å². The molecule has 0 N–H and O–H groups in total. The van der Waals surface area contributed by atoms with Crippen LogP contribution in [0.5, 0.6) is 11.5 Å². The smallest absolute Gasteiger partial charge is 0.266 e. The van der Waals surface area contributed by atoms with E-state index in [9.17, 15) is 18.4 Å². The number of para-hydroxylation sites is 1. The average Bonchev–Trinajstić information content (AvgIpc) is 2.83. The lowest BCUT2D eigenvalue weighted by atomic mass is 10.1. The quantitative estimate of drug-likeness (QED) is 0.223. The number of carbonyl (C=O) groups excluding carboxylic acids is 1. The second-order valence-electron chi connectivity index (χ2n) is 6.93. The maximum absolute atomic E-state index is 14.6. The van der Waals surface area contributed by atoms with Gasteiger partial charge < -0.3 is 9.47 Å². The van der Waals surface area contributed by atoms with Crippen LogP contribution in [0.4, 0.5) is 8.78 Å². The zero-order valence-electron chi connectivity index (χ0n) is 17.7. The molecule has 33 heavy (non-hydrogen) atoms. The Balaban J connectivity index is 1.76. The molecular weight excluding hydrogens is 450 g/mol. The van der Waals surface area contributed by atoms with Gasteiger partial charge in [0.25, 0.3) is 5.56 Å². The van der Waals surface area contributed by atoms with Crippen molar-refractivity contribution in [2.75, 3.05) is 20.0 Å². The lowest BCUT2D eigenvalue weighted by Gasteiger charge is -2.14. The molecule has 0 saturated heterocycles. The molecule has 1 heterocycles. The molecule has 0 atom stereocenters. The van der Waals surface area contributed by atoms with E-state index in [2.05, 4.69) is 4.98 Å². The fraction of sp³-hybridized carbons (Fsp3) is 0.125. The maximum Gasteiger partial charge on any atom is 0.266 e. The Morgan fingerprint density at radius 1 is 1.03 bits per heavy atom. The number of halogens is 2. The van der Waals surface area contributed by atoms with E-state index in [-0.39, 0.29) is 27.8 Å². The first kappa shape index (κ1) is 22.5. The van der Waals surface area contributed by atoms with Crippen molar-refractivity contribution in [2.24, 2.45) is 0 Å². The molecule has 168 valence electrons. The lowest BCUT2D eigenvalue weighted by Crippen LogP contribution is -2.23. The summed E-state index contributed by atoms with van der Waals surface area (Å²) < 4.78 is 39.6. The topological polar surface area (TPSA) is 70.4 Å². The highest BCUT2D eigenvalue weighted by Gasteiger charge is 2.19. The van der Waals surface area contributed by atoms with E-state index in [0.29, 0.717) is 28.6 Å². The summed E-state index contributed by atoms with van der Waals surface area (Å²) in [5.74, 6) is -1.20. The largest absolute Gasteiger partial charge is 0.497 e. The molecule has 0 bridgehead atoms. The molecule has 0 fully saturated rings. The molecular formula is C24H18F2N2O4S. The summed E-state index contributed by atoms with van der Waals surface area (Å²) in [6, 6.07) is 14.4. The van der Waals surface area contributed by atoms with Crippen LogP contribution in [0.1, 0.15) is 10.4 Å². The van der Waals surface area contributed by atoms with Crippen molar-refractivity contribution in [1.82, 2.24) is 9.55 Å². The molecule has 4 aromatic rings. The molecule has 0 spiro atoms. The van der Waals surface area contributed by atoms with Gasteiger partial charge in [0.05, 0.1) is 42.1 Å². The summed E-state index contributed by atoms with van der Waals surface area (Å²) >= 11 is 0.971. The SMILES string of the molecule is COc1ccc(C(=O)CSc2nc3ccccc3c(=O)n2-c2ccc(F)cc2F)c(OC)c1. The highest BCUT2D eigenvalue weighted by atomic mass is 32.2. The fourth-order valence-electron chi connectivity index (χ4n) is 3.32. The van der Waals surface area contributed by atoms with Gasteiger partial charge in [0, 0.05) is 12.1 Å². The Labute approximate surface area is 191 Å². The van der Waals surface area contributed by atoms with E-state index in [1.54, 1.807) is 42.5 Å². The van der Waals surface area contributed by atoms with Crippen LogP contribution in [0.25, 0.3) is 16.6 Å². The molecule has 4 rings (SSSR count). The van der Waals surface area contributed by atoms with Gasteiger partial charge in [-0.15, -0.1) is 0 Å². The van der Waals surface area contributed by atoms with Crippen molar-refractivity contribution in [3.63, 3.8) is 0 Å². The number of fused-ring (bicyclic) bond motifs is 1. The number of aromatic nitrogens is 2. The summed E-state index contributed by atoms with van der Waals surface area (Å²) in [5, 5.41) is 0.374. The summed E-state index contributed by atoms with van der Waals surface area (Å²) in [4.78, 5) is 30.6. The molecule has 0 unspecified atom stereocenters. The van der Waals surface area contributed by atoms with Gasteiger partial charge in [-0.25, -0.2) is 13.8 Å². The van der Waals surface area contributed by atoms with E-state index in [1.807, 2.05) is 0 Å². The first-order chi connectivity index (χ1) is 15.9. The number of carbonyl (C=O) groups is 1. The van der Waals surface area contributed by atoms with E-state index < -0.39 is 17.2 Å². The summed E-state index contributed by atoms with van der Waals surface area (Å²) in [6.07, 6.45) is 0. The average molecular weight is 468 g/mol. The van der Waals surface area contributed by atoms with Crippen LogP contribution in [0.3, 0.4) is 0 Å². The number of hydrogen-bond donors (Lipinski definition) is 0. The molecule has 0 aliphatic carbocycles. The number of ketones is 1. The van der Waals surface area contributed by atoms with E-state index in [4.69, 9.17) is 9.47 Å².